The van der Waals surface area contributed by atoms with E-state index in [-0.39, 0.29) is 5.82 Å². The van der Waals surface area contributed by atoms with Crippen LogP contribution in [0.1, 0.15) is 23.9 Å². The summed E-state index contributed by atoms with van der Waals surface area (Å²) >= 11 is 5.98. The zero-order chi connectivity index (χ0) is 13.1. The summed E-state index contributed by atoms with van der Waals surface area (Å²) in [4.78, 5) is 0. The van der Waals surface area contributed by atoms with Gasteiger partial charge in [0, 0.05) is 13.0 Å². The molecule has 0 N–H and O–H groups in total. The summed E-state index contributed by atoms with van der Waals surface area (Å²) in [6, 6.07) is 4.84. The molecule has 0 unspecified atom stereocenters. The quantitative estimate of drug-likeness (QED) is 0.852. The summed E-state index contributed by atoms with van der Waals surface area (Å²) in [6.07, 6.45) is 1.58. The van der Waals surface area contributed by atoms with Gasteiger partial charge in [0.25, 0.3) is 0 Å². The Bertz CT molecular complexity index is 551. The van der Waals surface area contributed by atoms with Gasteiger partial charge in [-0.05, 0) is 48.2 Å². The molecule has 0 amide bonds. The summed E-state index contributed by atoms with van der Waals surface area (Å²) < 4.78 is 14.9. The number of aromatic nitrogens is 3. The molecule has 3 nitrogen and oxygen atoms in total. The predicted octanol–water partition coefficient (Wildman–Crippen LogP) is 3.18. The van der Waals surface area contributed by atoms with Gasteiger partial charge in [0.2, 0.25) is 5.28 Å². The fourth-order valence-electron chi connectivity index (χ4n) is 1.97. The number of aryl methyl sites for hydroxylation is 3. The van der Waals surface area contributed by atoms with Crippen molar-refractivity contribution in [3.05, 3.63) is 46.3 Å². The lowest BCUT2D eigenvalue weighted by Crippen LogP contribution is -2.06. The van der Waals surface area contributed by atoms with Crippen LogP contribution in [0.3, 0.4) is 0 Å². The normalized spacial score (nSPS) is 10.9. The minimum absolute atomic E-state index is 0.201. The van der Waals surface area contributed by atoms with Crippen LogP contribution in [0.5, 0.6) is 0 Å². The molecule has 0 bridgehead atoms. The third kappa shape index (κ3) is 2.70. The van der Waals surface area contributed by atoms with Gasteiger partial charge in [-0.2, -0.15) is 0 Å². The van der Waals surface area contributed by atoms with Crippen LogP contribution >= 0.6 is 11.6 Å². The van der Waals surface area contributed by atoms with Crippen molar-refractivity contribution >= 4 is 11.6 Å². The van der Waals surface area contributed by atoms with Crippen LogP contribution in [0.25, 0.3) is 0 Å². The Morgan fingerprint density at radius 2 is 2.11 bits per heavy atom. The molecule has 1 heterocycles. The molecule has 18 heavy (non-hydrogen) atoms. The van der Waals surface area contributed by atoms with Crippen molar-refractivity contribution in [3.63, 3.8) is 0 Å². The van der Waals surface area contributed by atoms with Crippen molar-refractivity contribution in [2.75, 3.05) is 0 Å². The average Bonchev–Trinajstić information content (AvgIpc) is 2.69. The molecule has 96 valence electrons. The summed E-state index contributed by atoms with van der Waals surface area (Å²) in [7, 11) is 0. The van der Waals surface area contributed by atoms with Crippen molar-refractivity contribution in [2.45, 2.75) is 33.2 Å². The van der Waals surface area contributed by atoms with Gasteiger partial charge in [-0.1, -0.05) is 13.0 Å². The largest absolute Gasteiger partial charge is 0.301 e. The van der Waals surface area contributed by atoms with Crippen LogP contribution in [0.2, 0.25) is 5.28 Å². The van der Waals surface area contributed by atoms with Crippen molar-refractivity contribution in [1.82, 2.24) is 14.8 Å². The third-order valence-corrected chi connectivity index (χ3v) is 3.29. The second kappa shape index (κ2) is 5.48. The zero-order valence-corrected chi connectivity index (χ0v) is 11.2. The second-order valence-corrected chi connectivity index (χ2v) is 4.55. The molecule has 2 rings (SSSR count). The lowest BCUT2D eigenvalue weighted by molar-refractivity contribution is 0.621. The van der Waals surface area contributed by atoms with E-state index in [4.69, 9.17) is 11.6 Å². The highest BCUT2D eigenvalue weighted by molar-refractivity contribution is 6.28. The molecule has 0 spiro atoms. The Kier molecular flexibility index (Phi) is 3.97. The monoisotopic (exact) mass is 267 g/mol. The highest BCUT2D eigenvalue weighted by atomic mass is 35.5. The molecule has 0 atom stereocenters. The fourth-order valence-corrected chi connectivity index (χ4v) is 2.19. The summed E-state index contributed by atoms with van der Waals surface area (Å²) in [5.74, 6) is 0.674. The molecule has 1 aromatic carbocycles. The molecule has 2 aromatic rings. The van der Waals surface area contributed by atoms with Gasteiger partial charge in [-0.15, -0.1) is 10.2 Å². The van der Waals surface area contributed by atoms with Crippen LogP contribution in [0.4, 0.5) is 4.39 Å². The third-order valence-electron chi connectivity index (χ3n) is 3.01. The minimum Gasteiger partial charge on any atom is -0.301 e. The van der Waals surface area contributed by atoms with Gasteiger partial charge < -0.3 is 4.57 Å². The first-order chi connectivity index (χ1) is 8.61. The van der Waals surface area contributed by atoms with E-state index in [9.17, 15) is 4.39 Å². The Labute approximate surface area is 111 Å². The van der Waals surface area contributed by atoms with Crippen molar-refractivity contribution in [3.8, 4) is 0 Å². The maximum atomic E-state index is 13.0. The highest BCUT2D eigenvalue weighted by Crippen LogP contribution is 2.14. The van der Waals surface area contributed by atoms with Crippen molar-refractivity contribution in [2.24, 2.45) is 0 Å². The number of nitrogens with zero attached hydrogens (tertiary/aromatic N) is 3. The molecule has 0 aliphatic heterocycles. The maximum Gasteiger partial charge on any atom is 0.225 e. The van der Waals surface area contributed by atoms with E-state index in [0.29, 0.717) is 11.8 Å². The van der Waals surface area contributed by atoms with E-state index in [2.05, 4.69) is 10.2 Å². The van der Waals surface area contributed by atoms with Gasteiger partial charge in [-0.3, -0.25) is 0 Å². The lowest BCUT2D eigenvalue weighted by Gasteiger charge is -2.09. The van der Waals surface area contributed by atoms with E-state index in [1.165, 1.54) is 6.07 Å². The van der Waals surface area contributed by atoms with Crippen LogP contribution in [-0.4, -0.2) is 14.8 Å². The average molecular weight is 268 g/mol. The first-order valence-corrected chi connectivity index (χ1v) is 6.32. The number of hydrogen-bond donors (Lipinski definition) is 0. The van der Waals surface area contributed by atoms with Crippen LogP contribution in [-0.2, 0) is 19.4 Å². The van der Waals surface area contributed by atoms with Gasteiger partial charge in [0.1, 0.15) is 11.6 Å². The predicted molar refractivity (Wildman–Crippen MR) is 69.3 cm³/mol. The van der Waals surface area contributed by atoms with Gasteiger partial charge in [0.05, 0.1) is 0 Å². The number of halogens is 2. The van der Waals surface area contributed by atoms with E-state index in [1.54, 1.807) is 6.07 Å². The number of benzene rings is 1. The molecule has 0 saturated heterocycles. The molecule has 0 aliphatic rings. The van der Waals surface area contributed by atoms with Crippen molar-refractivity contribution in [1.29, 1.82) is 0 Å². The number of rotatable bonds is 4. The standard InChI is InChI=1S/C13H15ClFN3/c1-3-12-16-17-13(14)18(12)7-6-10-4-5-11(15)8-9(10)2/h4-5,8H,3,6-7H2,1-2H3. The first kappa shape index (κ1) is 13.0. The molecule has 0 saturated carbocycles. The Morgan fingerprint density at radius 3 is 2.78 bits per heavy atom. The SMILES string of the molecule is CCc1nnc(Cl)n1CCc1ccc(F)cc1C. The molecule has 0 radical (unpaired) electrons. The van der Waals surface area contributed by atoms with Gasteiger partial charge in [0.15, 0.2) is 0 Å². The highest BCUT2D eigenvalue weighted by Gasteiger charge is 2.09. The zero-order valence-electron chi connectivity index (χ0n) is 10.5. The van der Waals surface area contributed by atoms with Gasteiger partial charge >= 0.3 is 0 Å². The van der Waals surface area contributed by atoms with Gasteiger partial charge in [-0.25, -0.2) is 4.39 Å². The van der Waals surface area contributed by atoms with E-state index in [1.807, 2.05) is 24.5 Å². The summed E-state index contributed by atoms with van der Waals surface area (Å²) in [5.41, 5.74) is 2.07. The van der Waals surface area contributed by atoms with Crippen LogP contribution < -0.4 is 0 Å². The summed E-state index contributed by atoms with van der Waals surface area (Å²) in [6.45, 7) is 4.63. The van der Waals surface area contributed by atoms with Crippen LogP contribution in [0, 0.1) is 12.7 Å². The maximum absolute atomic E-state index is 13.0. The lowest BCUT2D eigenvalue weighted by atomic mass is 10.1. The molecule has 0 fully saturated rings. The number of hydrogen-bond acceptors (Lipinski definition) is 2. The van der Waals surface area contributed by atoms with E-state index in [0.717, 1.165) is 29.8 Å². The molecular formula is C13H15ClFN3. The first-order valence-electron chi connectivity index (χ1n) is 5.94. The van der Waals surface area contributed by atoms with E-state index >= 15 is 0 Å². The minimum atomic E-state index is -0.201. The molecule has 0 aliphatic carbocycles. The summed E-state index contributed by atoms with van der Waals surface area (Å²) in [5, 5.41) is 8.27. The fraction of sp³-hybridized carbons (Fsp3) is 0.385. The van der Waals surface area contributed by atoms with E-state index < -0.39 is 0 Å². The second-order valence-electron chi connectivity index (χ2n) is 4.21. The molecular weight excluding hydrogens is 253 g/mol. The van der Waals surface area contributed by atoms with Crippen LogP contribution in [0.15, 0.2) is 18.2 Å². The van der Waals surface area contributed by atoms with Crippen molar-refractivity contribution < 1.29 is 4.39 Å². The Hall–Kier alpha value is -1.42. The topological polar surface area (TPSA) is 30.7 Å². The molecule has 5 heteroatoms. The Balaban J connectivity index is 2.13. The Morgan fingerprint density at radius 1 is 1.33 bits per heavy atom. The molecule has 1 aromatic heterocycles. The smallest absolute Gasteiger partial charge is 0.225 e.